The van der Waals surface area contributed by atoms with Gasteiger partial charge in [0.15, 0.2) is 0 Å². The summed E-state index contributed by atoms with van der Waals surface area (Å²) in [5, 5.41) is 1.02. The van der Waals surface area contributed by atoms with E-state index in [-0.39, 0.29) is 24.1 Å². The van der Waals surface area contributed by atoms with Crippen molar-refractivity contribution in [3.05, 3.63) is 64.5 Å². The van der Waals surface area contributed by atoms with Crippen molar-refractivity contribution in [2.24, 2.45) is 0 Å². The molecule has 2 aromatic heterocycles. The van der Waals surface area contributed by atoms with Gasteiger partial charge in [-0.1, -0.05) is 18.2 Å². The average Bonchev–Trinajstić information content (AvgIpc) is 3.17. The molecule has 7 nitrogen and oxygen atoms in total. The Morgan fingerprint density at radius 3 is 2.89 bits per heavy atom. The van der Waals surface area contributed by atoms with Crippen LogP contribution in [0, 0.1) is 13.8 Å². The lowest BCUT2D eigenvalue weighted by Gasteiger charge is -2.18. The van der Waals surface area contributed by atoms with E-state index in [1.807, 2.05) is 30.3 Å². The third-order valence-electron chi connectivity index (χ3n) is 5.21. The highest BCUT2D eigenvalue weighted by Gasteiger charge is 2.28. The van der Waals surface area contributed by atoms with E-state index in [1.54, 1.807) is 24.9 Å². The minimum Gasteiger partial charge on any atom is -0.486 e. The molecule has 0 aliphatic carbocycles. The number of carbonyl (C=O) groups excluding carboxylic acids is 1. The molecule has 1 amide bonds. The number of amides is 1. The minimum absolute atomic E-state index is 0.00447. The number of hydrogen-bond acceptors (Lipinski definition) is 5. The topological polar surface area (TPSA) is 77.3 Å². The summed E-state index contributed by atoms with van der Waals surface area (Å²) in [5.41, 5.74) is 1.91. The first-order valence-electron chi connectivity index (χ1n) is 9.34. The predicted molar refractivity (Wildman–Crippen MR) is 105 cm³/mol. The van der Waals surface area contributed by atoms with E-state index < -0.39 is 0 Å². The Labute approximate surface area is 162 Å². The van der Waals surface area contributed by atoms with E-state index in [4.69, 9.17) is 4.74 Å². The second-order valence-electron chi connectivity index (χ2n) is 7.09. The fraction of sp³-hybridized carbons (Fsp3) is 0.333. The number of para-hydroxylation sites is 1. The molecule has 4 rings (SSSR count). The summed E-state index contributed by atoms with van der Waals surface area (Å²) in [6.07, 6.45) is 3.84. The van der Waals surface area contributed by atoms with Gasteiger partial charge in [0, 0.05) is 35.8 Å². The summed E-state index contributed by atoms with van der Waals surface area (Å²) in [6.45, 7) is 4.61. The first kappa shape index (κ1) is 18.2. The monoisotopic (exact) mass is 378 g/mol. The quantitative estimate of drug-likeness (QED) is 0.695. The smallest absolute Gasteiger partial charge is 0.256 e. The first-order valence-corrected chi connectivity index (χ1v) is 9.34. The Morgan fingerprint density at radius 1 is 1.21 bits per heavy atom. The minimum atomic E-state index is -0.172. The fourth-order valence-corrected chi connectivity index (χ4v) is 3.44. The number of rotatable bonds is 4. The molecule has 144 valence electrons. The molecular formula is C21H22N4O3. The molecular weight excluding hydrogens is 356 g/mol. The highest BCUT2D eigenvalue weighted by molar-refractivity contribution is 5.84. The van der Waals surface area contributed by atoms with Gasteiger partial charge in [0.25, 0.3) is 5.56 Å². The molecule has 1 saturated heterocycles. The summed E-state index contributed by atoms with van der Waals surface area (Å²) in [5.74, 6) is 0.626. The van der Waals surface area contributed by atoms with E-state index in [0.29, 0.717) is 24.3 Å². The number of benzene rings is 1. The Kier molecular flexibility index (Phi) is 4.81. The maximum absolute atomic E-state index is 12.6. The molecule has 0 radical (unpaired) electrons. The predicted octanol–water partition coefficient (Wildman–Crippen LogP) is 2.09. The molecule has 3 heterocycles. The lowest BCUT2D eigenvalue weighted by Crippen LogP contribution is -2.36. The maximum Gasteiger partial charge on any atom is 0.256 e. The van der Waals surface area contributed by atoms with Gasteiger partial charge in [0.1, 0.15) is 23.9 Å². The lowest BCUT2D eigenvalue weighted by atomic mass is 10.2. The molecule has 1 aliphatic rings. The van der Waals surface area contributed by atoms with Crippen molar-refractivity contribution in [2.45, 2.75) is 32.9 Å². The van der Waals surface area contributed by atoms with Crippen molar-refractivity contribution in [1.82, 2.24) is 19.4 Å². The van der Waals surface area contributed by atoms with Gasteiger partial charge in [-0.3, -0.25) is 19.1 Å². The summed E-state index contributed by atoms with van der Waals surface area (Å²) >= 11 is 0. The van der Waals surface area contributed by atoms with Gasteiger partial charge in [0.2, 0.25) is 5.91 Å². The van der Waals surface area contributed by atoms with Crippen LogP contribution in [-0.2, 0) is 11.3 Å². The third-order valence-corrected chi connectivity index (χ3v) is 5.21. The number of fused-ring (bicyclic) bond motifs is 1. The Morgan fingerprint density at radius 2 is 2.04 bits per heavy atom. The van der Waals surface area contributed by atoms with Crippen molar-refractivity contribution in [3.63, 3.8) is 0 Å². The Bertz CT molecular complexity index is 1090. The highest BCUT2D eigenvalue weighted by Crippen LogP contribution is 2.26. The van der Waals surface area contributed by atoms with Crippen LogP contribution in [0.1, 0.15) is 17.7 Å². The SMILES string of the molecule is Cc1ncn(CC(=O)N2CCC(Oc3cccc4cccnc34)C2)c(=O)c1C. The second-order valence-corrected chi connectivity index (χ2v) is 7.09. The second kappa shape index (κ2) is 7.42. The molecule has 0 spiro atoms. The van der Waals surface area contributed by atoms with Crippen LogP contribution in [0.4, 0.5) is 0 Å². The van der Waals surface area contributed by atoms with Crippen molar-refractivity contribution in [1.29, 1.82) is 0 Å². The summed E-state index contributed by atoms with van der Waals surface area (Å²) in [7, 11) is 0. The van der Waals surface area contributed by atoms with Crippen LogP contribution >= 0.6 is 0 Å². The zero-order valence-electron chi connectivity index (χ0n) is 16.0. The summed E-state index contributed by atoms with van der Waals surface area (Å²) in [6, 6.07) is 9.73. The molecule has 1 aromatic carbocycles. The van der Waals surface area contributed by atoms with Gasteiger partial charge < -0.3 is 9.64 Å². The van der Waals surface area contributed by atoms with E-state index in [0.717, 1.165) is 23.1 Å². The molecule has 1 atom stereocenters. The summed E-state index contributed by atoms with van der Waals surface area (Å²) in [4.78, 5) is 35.3. The molecule has 1 fully saturated rings. The van der Waals surface area contributed by atoms with Gasteiger partial charge in [0.05, 0.1) is 12.9 Å². The number of ether oxygens (including phenoxy) is 1. The molecule has 0 saturated carbocycles. The zero-order chi connectivity index (χ0) is 19.7. The zero-order valence-corrected chi connectivity index (χ0v) is 16.0. The van der Waals surface area contributed by atoms with Crippen molar-refractivity contribution in [3.8, 4) is 5.75 Å². The van der Waals surface area contributed by atoms with Crippen LogP contribution in [0.5, 0.6) is 5.75 Å². The number of likely N-dealkylation sites (tertiary alicyclic amines) is 1. The lowest BCUT2D eigenvalue weighted by molar-refractivity contribution is -0.131. The molecule has 3 aromatic rings. The van der Waals surface area contributed by atoms with E-state index in [1.165, 1.54) is 10.9 Å². The number of aryl methyl sites for hydroxylation is 1. The van der Waals surface area contributed by atoms with Gasteiger partial charge in [-0.2, -0.15) is 0 Å². The largest absolute Gasteiger partial charge is 0.486 e. The maximum atomic E-state index is 12.6. The van der Waals surface area contributed by atoms with Crippen LogP contribution in [0.2, 0.25) is 0 Å². The van der Waals surface area contributed by atoms with Crippen LogP contribution in [0.3, 0.4) is 0 Å². The van der Waals surface area contributed by atoms with Crippen LogP contribution < -0.4 is 10.3 Å². The van der Waals surface area contributed by atoms with E-state index in [9.17, 15) is 9.59 Å². The van der Waals surface area contributed by atoms with Crippen LogP contribution in [0.25, 0.3) is 10.9 Å². The number of nitrogens with zero attached hydrogens (tertiary/aromatic N) is 4. The number of carbonyl (C=O) groups is 1. The molecule has 1 unspecified atom stereocenters. The van der Waals surface area contributed by atoms with E-state index >= 15 is 0 Å². The molecule has 28 heavy (non-hydrogen) atoms. The number of pyridine rings is 1. The number of hydrogen-bond donors (Lipinski definition) is 0. The van der Waals surface area contributed by atoms with Gasteiger partial charge >= 0.3 is 0 Å². The summed E-state index contributed by atoms with van der Waals surface area (Å²) < 4.78 is 7.51. The molecule has 0 bridgehead atoms. The Hall–Kier alpha value is -3.22. The van der Waals surface area contributed by atoms with Crippen LogP contribution in [0.15, 0.2) is 47.7 Å². The van der Waals surface area contributed by atoms with Gasteiger partial charge in [-0.15, -0.1) is 0 Å². The van der Waals surface area contributed by atoms with Gasteiger partial charge in [-0.05, 0) is 26.0 Å². The van der Waals surface area contributed by atoms with Crippen molar-refractivity contribution in [2.75, 3.05) is 13.1 Å². The molecule has 1 aliphatic heterocycles. The highest BCUT2D eigenvalue weighted by atomic mass is 16.5. The van der Waals surface area contributed by atoms with E-state index in [2.05, 4.69) is 9.97 Å². The Balaban J connectivity index is 1.43. The van der Waals surface area contributed by atoms with Crippen molar-refractivity contribution >= 4 is 16.8 Å². The molecule has 7 heteroatoms. The van der Waals surface area contributed by atoms with Crippen molar-refractivity contribution < 1.29 is 9.53 Å². The first-order chi connectivity index (χ1) is 13.5. The average molecular weight is 378 g/mol. The number of aromatic nitrogens is 3. The molecule has 0 N–H and O–H groups in total. The normalized spacial score (nSPS) is 16.5. The fourth-order valence-electron chi connectivity index (χ4n) is 3.44. The van der Waals surface area contributed by atoms with Gasteiger partial charge in [-0.25, -0.2) is 4.98 Å². The standard InChI is InChI=1S/C21H22N4O3/c1-14-15(2)23-13-25(21(14)27)12-19(26)24-10-8-17(11-24)28-18-7-3-5-16-6-4-9-22-20(16)18/h3-7,9,13,17H,8,10-12H2,1-2H3. The van der Waals surface area contributed by atoms with Crippen LogP contribution in [-0.4, -0.2) is 44.5 Å². The third kappa shape index (κ3) is 3.47.